The van der Waals surface area contributed by atoms with Crippen LogP contribution in [0, 0.1) is 10.1 Å². The summed E-state index contributed by atoms with van der Waals surface area (Å²) in [6.45, 7) is 0. The Kier molecular flexibility index (Phi) is 6.11. The van der Waals surface area contributed by atoms with E-state index >= 15 is 0 Å². The molecule has 1 N–H and O–H groups in total. The molecule has 2 heterocycles. The van der Waals surface area contributed by atoms with E-state index in [1.165, 1.54) is 24.3 Å². The number of nitro benzene ring substituents is 1. The van der Waals surface area contributed by atoms with E-state index in [2.05, 4.69) is 28.2 Å². The quantitative estimate of drug-likeness (QED) is 0.236. The molecule has 0 spiro atoms. The summed E-state index contributed by atoms with van der Waals surface area (Å²) in [7, 11) is 0. The Balaban J connectivity index is 0.000000184. The molecule has 25 heavy (non-hydrogen) atoms. The maximum Gasteiger partial charge on any atom is 0.310 e. The molecule has 4 aromatic rings. The first-order valence-corrected chi connectivity index (χ1v) is 7.17. The second kappa shape index (κ2) is 8.28. The topological polar surface area (TPSA) is 89.2 Å². The van der Waals surface area contributed by atoms with Gasteiger partial charge in [0.15, 0.2) is 5.75 Å². The Labute approximate surface area is 156 Å². The Bertz CT molecular complexity index is 969. The maximum absolute atomic E-state index is 10.1. The third-order valence-electron chi connectivity index (χ3n) is 3.43. The summed E-state index contributed by atoms with van der Waals surface area (Å²) in [5.74, 6) is -0.299. The Morgan fingerprint density at radius 2 is 1.60 bits per heavy atom. The van der Waals surface area contributed by atoms with Crippen molar-refractivity contribution in [3.05, 3.63) is 83.2 Å². The summed E-state index contributed by atoms with van der Waals surface area (Å²) in [6.07, 6.45) is 3.62. The number of fused-ring (bicyclic) bond motifs is 3. The van der Waals surface area contributed by atoms with Gasteiger partial charge in [-0.05, 0) is 30.3 Å². The van der Waals surface area contributed by atoms with Crippen LogP contribution in [0.3, 0.4) is 0 Å². The molecule has 0 bridgehead atoms. The van der Waals surface area contributed by atoms with Crippen molar-refractivity contribution in [2.75, 3.05) is 0 Å². The molecule has 0 saturated carbocycles. The van der Waals surface area contributed by atoms with Crippen molar-refractivity contribution in [2.24, 2.45) is 0 Å². The minimum Gasteiger partial charge on any atom is -0.502 e. The van der Waals surface area contributed by atoms with Gasteiger partial charge >= 0.3 is 5.69 Å². The van der Waals surface area contributed by atoms with E-state index in [0.717, 1.165) is 21.8 Å². The summed E-state index contributed by atoms with van der Waals surface area (Å²) in [5.41, 5.74) is 1.76. The van der Waals surface area contributed by atoms with Crippen LogP contribution >= 0.6 is 0 Å². The molecule has 2 aromatic carbocycles. The van der Waals surface area contributed by atoms with Crippen LogP contribution in [-0.4, -0.2) is 20.0 Å². The molecule has 0 fully saturated rings. The number of phenolic OH excluding ortho intramolecular Hbond substituents is 1. The average Bonchev–Trinajstić information content (AvgIpc) is 2.62. The van der Waals surface area contributed by atoms with Gasteiger partial charge in [0.1, 0.15) is 0 Å². The number of para-hydroxylation sites is 2. The largest absolute Gasteiger partial charge is 0.502 e. The van der Waals surface area contributed by atoms with Crippen LogP contribution in [0.2, 0.25) is 0 Å². The molecule has 7 heteroatoms. The van der Waals surface area contributed by atoms with Gasteiger partial charge in [0, 0.05) is 49.3 Å². The van der Waals surface area contributed by atoms with Gasteiger partial charge < -0.3 is 5.11 Å². The van der Waals surface area contributed by atoms with Gasteiger partial charge in [0.05, 0.1) is 16.0 Å². The molecule has 0 aliphatic heterocycles. The molecular weight excluding hydrogens is 498 g/mol. The van der Waals surface area contributed by atoms with Gasteiger partial charge in [0.2, 0.25) is 0 Å². The zero-order chi connectivity index (χ0) is 16.9. The third kappa shape index (κ3) is 4.15. The van der Waals surface area contributed by atoms with E-state index in [4.69, 9.17) is 5.11 Å². The van der Waals surface area contributed by atoms with Crippen molar-refractivity contribution < 1.29 is 30.1 Å². The number of pyridine rings is 2. The second-order valence-electron chi connectivity index (χ2n) is 4.96. The molecule has 6 nitrogen and oxygen atoms in total. The van der Waals surface area contributed by atoms with Crippen molar-refractivity contribution in [1.82, 2.24) is 9.97 Å². The van der Waals surface area contributed by atoms with Crippen LogP contribution in [0.4, 0.5) is 5.69 Å². The third-order valence-corrected chi connectivity index (χ3v) is 3.43. The zero-order valence-corrected chi connectivity index (χ0v) is 15.3. The van der Waals surface area contributed by atoms with E-state index in [-0.39, 0.29) is 31.5 Å². The normalized spacial score (nSPS) is 9.76. The Morgan fingerprint density at radius 3 is 2.32 bits per heavy atom. The Hall–Kier alpha value is -2.89. The van der Waals surface area contributed by atoms with Crippen LogP contribution in [0.25, 0.3) is 21.8 Å². The number of rotatable bonds is 1. The van der Waals surface area contributed by atoms with Crippen molar-refractivity contribution in [3.63, 3.8) is 0 Å². The molecule has 0 aliphatic carbocycles. The molecule has 2 aromatic heterocycles. The number of phenols is 1. The van der Waals surface area contributed by atoms with Crippen LogP contribution in [0.15, 0.2) is 73.1 Å². The van der Waals surface area contributed by atoms with Gasteiger partial charge in [-0.15, -0.1) is 0 Å². The molecule has 0 atom stereocenters. The summed E-state index contributed by atoms with van der Waals surface area (Å²) in [6, 6.07) is 17.6. The van der Waals surface area contributed by atoms with E-state index in [9.17, 15) is 10.1 Å². The molecule has 0 amide bonds. The Morgan fingerprint density at radius 1 is 0.880 bits per heavy atom. The molecule has 4 rings (SSSR count). The molecule has 0 unspecified atom stereocenters. The number of hydrogen-bond acceptors (Lipinski definition) is 5. The van der Waals surface area contributed by atoms with Gasteiger partial charge in [-0.25, -0.2) is 0 Å². The molecular formula is C18H13IrN3O3. The zero-order valence-electron chi connectivity index (χ0n) is 12.9. The first kappa shape index (κ1) is 18.4. The van der Waals surface area contributed by atoms with Crippen LogP contribution < -0.4 is 0 Å². The smallest absolute Gasteiger partial charge is 0.310 e. The predicted octanol–water partition coefficient (Wildman–Crippen LogP) is 4.08. The monoisotopic (exact) mass is 512 g/mol. The number of nitro groups is 1. The fraction of sp³-hybridized carbons (Fsp3) is 0. The average molecular weight is 512 g/mol. The molecule has 0 aliphatic rings. The van der Waals surface area contributed by atoms with Gasteiger partial charge in [-0.3, -0.25) is 20.1 Å². The predicted molar refractivity (Wildman–Crippen MR) is 91.8 cm³/mol. The first-order chi connectivity index (χ1) is 11.7. The summed E-state index contributed by atoms with van der Waals surface area (Å²) >= 11 is 0. The fourth-order valence-corrected chi connectivity index (χ4v) is 2.32. The number of nitrogens with zero attached hydrogens (tertiary/aromatic N) is 3. The van der Waals surface area contributed by atoms with E-state index < -0.39 is 4.92 Å². The standard InChI is InChI=1S/C12H8N2.C6H5NO3.Ir/c1-3-9-5-6-11-10(4-2-7-13-11)12(9)14-8-1;8-6-4-2-1-3-5(6)7(9)10;/h1-8H;1-4,8H;. The van der Waals surface area contributed by atoms with Crippen LogP contribution in [0.1, 0.15) is 0 Å². The number of hydrogen-bond donors (Lipinski definition) is 1. The molecule has 1 radical (unpaired) electrons. The molecule has 0 saturated heterocycles. The van der Waals surface area contributed by atoms with Crippen molar-refractivity contribution in [3.8, 4) is 5.75 Å². The van der Waals surface area contributed by atoms with Crippen molar-refractivity contribution in [2.45, 2.75) is 0 Å². The summed E-state index contributed by atoms with van der Waals surface area (Å²) in [5, 5.41) is 21.2. The minimum absolute atomic E-state index is 0. The number of aromatic nitrogens is 2. The van der Waals surface area contributed by atoms with E-state index in [0.29, 0.717) is 0 Å². The van der Waals surface area contributed by atoms with Gasteiger partial charge in [-0.1, -0.05) is 24.3 Å². The summed E-state index contributed by atoms with van der Waals surface area (Å²) < 4.78 is 0. The van der Waals surface area contributed by atoms with Gasteiger partial charge in [-0.2, -0.15) is 0 Å². The second-order valence-corrected chi connectivity index (χ2v) is 4.96. The van der Waals surface area contributed by atoms with Crippen molar-refractivity contribution >= 4 is 27.5 Å². The minimum atomic E-state index is -0.630. The molecule has 127 valence electrons. The fourth-order valence-electron chi connectivity index (χ4n) is 2.32. The maximum atomic E-state index is 10.1. The number of benzene rings is 2. The van der Waals surface area contributed by atoms with Crippen LogP contribution in [0.5, 0.6) is 5.75 Å². The van der Waals surface area contributed by atoms with Gasteiger partial charge in [0.25, 0.3) is 0 Å². The van der Waals surface area contributed by atoms with E-state index in [1.807, 2.05) is 24.4 Å². The SMILES string of the molecule is O=[N+]([O-])c1ccccc1O.[Ir].c1cnc2c(c1)ccc1ncccc12. The first-order valence-electron chi connectivity index (χ1n) is 7.17. The van der Waals surface area contributed by atoms with Crippen molar-refractivity contribution in [1.29, 1.82) is 0 Å². The number of aromatic hydroxyl groups is 1. The van der Waals surface area contributed by atoms with E-state index in [1.54, 1.807) is 6.20 Å². The summed E-state index contributed by atoms with van der Waals surface area (Å²) in [4.78, 5) is 18.1. The van der Waals surface area contributed by atoms with Crippen LogP contribution in [-0.2, 0) is 20.1 Å².